The Kier molecular flexibility index (Phi) is 6.16. The summed E-state index contributed by atoms with van der Waals surface area (Å²) in [4.78, 5) is 19.0. The van der Waals surface area contributed by atoms with Gasteiger partial charge in [0.25, 0.3) is 0 Å². The number of halogens is 1. The van der Waals surface area contributed by atoms with Crippen LogP contribution in [0.5, 0.6) is 0 Å². The molecule has 0 bridgehead atoms. The van der Waals surface area contributed by atoms with Gasteiger partial charge in [0.2, 0.25) is 0 Å². The highest BCUT2D eigenvalue weighted by Gasteiger charge is 2.25. The summed E-state index contributed by atoms with van der Waals surface area (Å²) < 4.78 is 0.755. The van der Waals surface area contributed by atoms with Crippen LogP contribution < -0.4 is 5.32 Å². The first-order valence-electron chi connectivity index (χ1n) is 8.14. The van der Waals surface area contributed by atoms with Gasteiger partial charge in [-0.2, -0.15) is 0 Å². The number of amides is 2. The highest BCUT2D eigenvalue weighted by Crippen LogP contribution is 2.28. The molecule has 2 aromatic rings. The molecule has 1 N–H and O–H groups in total. The molecule has 1 aliphatic heterocycles. The van der Waals surface area contributed by atoms with E-state index in [1.807, 2.05) is 19.2 Å². The predicted molar refractivity (Wildman–Crippen MR) is 102 cm³/mol. The zero-order chi connectivity index (χ0) is 16.9. The minimum Gasteiger partial charge on any atom is -0.336 e. The van der Waals surface area contributed by atoms with Crippen LogP contribution in [0.15, 0.2) is 29.6 Å². The fourth-order valence-corrected chi connectivity index (χ4v) is 5.01. The third-order valence-corrected chi connectivity index (χ3v) is 6.46. The van der Waals surface area contributed by atoms with Gasteiger partial charge in [-0.15, -0.1) is 22.7 Å². The summed E-state index contributed by atoms with van der Waals surface area (Å²) in [6, 6.07) is 8.32. The molecule has 0 aromatic carbocycles. The number of nitrogens with zero attached hydrogens (tertiary/aromatic N) is 2. The summed E-state index contributed by atoms with van der Waals surface area (Å²) in [5.41, 5.74) is 0. The molecule has 0 radical (unpaired) electrons. The van der Waals surface area contributed by atoms with E-state index in [0.717, 1.165) is 22.3 Å². The molecule has 2 aromatic heterocycles. The van der Waals surface area contributed by atoms with Crippen molar-refractivity contribution in [2.24, 2.45) is 0 Å². The number of hydrogen-bond acceptors (Lipinski definition) is 4. The van der Waals surface area contributed by atoms with Crippen LogP contribution >= 0.6 is 34.3 Å². The maximum Gasteiger partial charge on any atom is 0.317 e. The second kappa shape index (κ2) is 8.34. The monoisotopic (exact) mass is 383 g/mol. The van der Waals surface area contributed by atoms with Crippen LogP contribution in [0.25, 0.3) is 0 Å². The largest absolute Gasteiger partial charge is 0.336 e. The Bertz CT molecular complexity index is 653. The fourth-order valence-electron chi connectivity index (χ4n) is 3.00. The average Bonchev–Trinajstić information content (AvgIpc) is 3.30. The number of likely N-dealkylation sites (tertiary alicyclic amines) is 1. The Morgan fingerprint density at radius 2 is 2.17 bits per heavy atom. The van der Waals surface area contributed by atoms with Crippen molar-refractivity contribution in [1.29, 1.82) is 0 Å². The van der Waals surface area contributed by atoms with E-state index in [1.165, 1.54) is 29.1 Å². The van der Waals surface area contributed by atoms with Gasteiger partial charge >= 0.3 is 6.03 Å². The smallest absolute Gasteiger partial charge is 0.317 e. The Hall–Kier alpha value is -1.08. The first-order valence-corrected chi connectivity index (χ1v) is 10.2. The van der Waals surface area contributed by atoms with Crippen molar-refractivity contribution < 1.29 is 4.79 Å². The normalized spacial score (nSPS) is 16.2. The van der Waals surface area contributed by atoms with E-state index < -0.39 is 0 Å². The van der Waals surface area contributed by atoms with Crippen molar-refractivity contribution in [3.05, 3.63) is 43.7 Å². The quantitative estimate of drug-likeness (QED) is 0.800. The third-order valence-electron chi connectivity index (χ3n) is 4.27. The van der Waals surface area contributed by atoms with E-state index in [2.05, 4.69) is 27.7 Å². The molecule has 0 spiro atoms. The van der Waals surface area contributed by atoms with E-state index in [9.17, 15) is 4.79 Å². The lowest BCUT2D eigenvalue weighted by atomic mass is 10.2. The highest BCUT2D eigenvalue weighted by molar-refractivity contribution is 7.16. The summed E-state index contributed by atoms with van der Waals surface area (Å²) in [6.45, 7) is 3.45. The minimum atomic E-state index is -0.0414. The molecule has 0 saturated carbocycles. The van der Waals surface area contributed by atoms with Crippen LogP contribution in [-0.4, -0.2) is 42.5 Å². The Morgan fingerprint density at radius 1 is 1.38 bits per heavy atom. The van der Waals surface area contributed by atoms with Gasteiger partial charge in [-0.1, -0.05) is 17.7 Å². The number of rotatable bonds is 6. The molecule has 1 saturated heterocycles. The average molecular weight is 384 g/mol. The number of urea groups is 1. The van der Waals surface area contributed by atoms with Crippen LogP contribution in [0.4, 0.5) is 4.79 Å². The lowest BCUT2D eigenvalue weighted by molar-refractivity contribution is 0.196. The van der Waals surface area contributed by atoms with Crippen molar-refractivity contribution >= 4 is 40.3 Å². The van der Waals surface area contributed by atoms with Crippen LogP contribution in [0.2, 0.25) is 4.34 Å². The van der Waals surface area contributed by atoms with E-state index in [0.29, 0.717) is 13.1 Å². The lowest BCUT2D eigenvalue weighted by Gasteiger charge is -2.28. The Balaban J connectivity index is 1.56. The van der Waals surface area contributed by atoms with Gasteiger partial charge in [-0.3, -0.25) is 4.90 Å². The van der Waals surface area contributed by atoms with E-state index in [1.54, 1.807) is 16.2 Å². The summed E-state index contributed by atoms with van der Waals surface area (Å²) >= 11 is 9.23. The Labute approximate surface area is 156 Å². The van der Waals surface area contributed by atoms with Gasteiger partial charge in [-0.05, 0) is 49.5 Å². The van der Waals surface area contributed by atoms with Gasteiger partial charge in [0.05, 0.1) is 16.9 Å². The lowest BCUT2D eigenvalue weighted by Crippen LogP contribution is -2.41. The van der Waals surface area contributed by atoms with Crippen LogP contribution in [0, 0.1) is 0 Å². The molecule has 4 nitrogen and oxygen atoms in total. The SMILES string of the molecule is CN(Cc1ccc(Cl)s1)C(=O)NCC(c1cccs1)N1CCCC1. The Morgan fingerprint density at radius 3 is 2.79 bits per heavy atom. The summed E-state index contributed by atoms with van der Waals surface area (Å²) in [6.07, 6.45) is 2.49. The highest BCUT2D eigenvalue weighted by atomic mass is 35.5. The molecule has 1 fully saturated rings. The van der Waals surface area contributed by atoms with Gasteiger partial charge in [-0.25, -0.2) is 4.79 Å². The molecule has 1 atom stereocenters. The second-order valence-electron chi connectivity index (χ2n) is 6.02. The topological polar surface area (TPSA) is 35.6 Å². The molecule has 3 heterocycles. The number of nitrogens with one attached hydrogen (secondary N) is 1. The molecule has 1 aliphatic rings. The van der Waals surface area contributed by atoms with Crippen molar-refractivity contribution in [1.82, 2.24) is 15.1 Å². The third kappa shape index (κ3) is 4.51. The molecular weight excluding hydrogens is 362 g/mol. The van der Waals surface area contributed by atoms with Gasteiger partial charge in [0.15, 0.2) is 0 Å². The molecule has 1 unspecified atom stereocenters. The molecule has 7 heteroatoms. The van der Waals surface area contributed by atoms with E-state index >= 15 is 0 Å². The maximum absolute atomic E-state index is 12.4. The zero-order valence-corrected chi connectivity index (χ0v) is 16.1. The maximum atomic E-state index is 12.4. The van der Waals surface area contributed by atoms with Crippen molar-refractivity contribution in [3.8, 4) is 0 Å². The van der Waals surface area contributed by atoms with Crippen LogP contribution in [-0.2, 0) is 6.54 Å². The summed E-state index contributed by atoms with van der Waals surface area (Å²) in [7, 11) is 1.82. The summed E-state index contributed by atoms with van der Waals surface area (Å²) in [5.74, 6) is 0. The first kappa shape index (κ1) is 17.7. The molecule has 3 rings (SSSR count). The van der Waals surface area contributed by atoms with Crippen molar-refractivity contribution in [2.75, 3.05) is 26.7 Å². The minimum absolute atomic E-state index is 0.0414. The number of thiophene rings is 2. The van der Waals surface area contributed by atoms with Crippen molar-refractivity contribution in [3.63, 3.8) is 0 Å². The first-order chi connectivity index (χ1) is 11.6. The van der Waals surface area contributed by atoms with Gasteiger partial charge < -0.3 is 10.2 Å². The molecular formula is C17H22ClN3OS2. The predicted octanol–water partition coefficient (Wildman–Crippen LogP) is 4.44. The van der Waals surface area contributed by atoms with Gasteiger partial charge in [0, 0.05) is 23.3 Å². The molecule has 24 heavy (non-hydrogen) atoms. The number of hydrogen-bond donors (Lipinski definition) is 1. The number of carbonyl (C=O) groups is 1. The molecule has 130 valence electrons. The standard InChI is InChI=1S/C17H22ClN3OS2/c1-20(12-13-6-7-16(18)24-13)17(22)19-11-14(15-5-4-10-23-15)21-8-2-3-9-21/h4-7,10,14H,2-3,8-9,11-12H2,1H3,(H,19,22). The fraction of sp³-hybridized carbons (Fsp3) is 0.471. The van der Waals surface area contributed by atoms with Crippen molar-refractivity contribution in [2.45, 2.75) is 25.4 Å². The number of carbonyl (C=O) groups excluding carboxylic acids is 1. The van der Waals surface area contributed by atoms with Crippen LogP contribution in [0.3, 0.4) is 0 Å². The molecule has 2 amide bonds. The van der Waals surface area contributed by atoms with Crippen LogP contribution in [0.1, 0.15) is 28.6 Å². The zero-order valence-electron chi connectivity index (χ0n) is 13.7. The van der Waals surface area contributed by atoms with E-state index in [4.69, 9.17) is 11.6 Å². The van der Waals surface area contributed by atoms with E-state index in [-0.39, 0.29) is 12.1 Å². The van der Waals surface area contributed by atoms with Gasteiger partial charge in [0.1, 0.15) is 0 Å². The second-order valence-corrected chi connectivity index (χ2v) is 8.80. The summed E-state index contributed by atoms with van der Waals surface area (Å²) in [5, 5.41) is 5.20. The molecule has 0 aliphatic carbocycles.